The molecule has 5 heteroatoms. The third kappa shape index (κ3) is 3.23. The van der Waals surface area contributed by atoms with Crippen LogP contribution in [0.4, 0.5) is 5.95 Å². The van der Waals surface area contributed by atoms with Gasteiger partial charge in [-0.15, -0.1) is 0 Å². The van der Waals surface area contributed by atoms with E-state index >= 15 is 0 Å². The first-order chi connectivity index (χ1) is 8.65. The predicted molar refractivity (Wildman–Crippen MR) is 71.1 cm³/mol. The van der Waals surface area contributed by atoms with Crippen LogP contribution in [0.25, 0.3) is 11.4 Å². The summed E-state index contributed by atoms with van der Waals surface area (Å²) in [6.45, 7) is 6.99. The molecule has 0 bridgehead atoms. The second kappa shape index (κ2) is 5.53. The fourth-order valence-electron chi connectivity index (χ4n) is 1.48. The fraction of sp³-hybridized carbons (Fsp3) is 0.385. The summed E-state index contributed by atoms with van der Waals surface area (Å²) in [5.41, 5.74) is 0.899. The van der Waals surface area contributed by atoms with Gasteiger partial charge in [0.15, 0.2) is 5.82 Å². The number of anilines is 1. The van der Waals surface area contributed by atoms with Crippen LogP contribution in [0.3, 0.4) is 0 Å². The van der Waals surface area contributed by atoms with Crippen LogP contribution >= 0.6 is 0 Å². The standard InChI is InChI=1S/C13H17N5/c1-9(2)7-15-13-17-10(3)16-12(18-13)11-5-4-6-14-8-11/h4-6,8-9H,7H2,1-3H3,(H,15,16,17,18). The molecular formula is C13H17N5. The van der Waals surface area contributed by atoms with Crippen LogP contribution in [0.1, 0.15) is 19.7 Å². The lowest BCUT2D eigenvalue weighted by Crippen LogP contribution is -2.12. The number of nitrogens with zero attached hydrogens (tertiary/aromatic N) is 4. The molecule has 0 aliphatic rings. The minimum absolute atomic E-state index is 0.545. The van der Waals surface area contributed by atoms with Gasteiger partial charge in [0.05, 0.1) is 0 Å². The first kappa shape index (κ1) is 12.4. The SMILES string of the molecule is Cc1nc(NCC(C)C)nc(-c2cccnc2)n1. The molecule has 18 heavy (non-hydrogen) atoms. The molecule has 5 nitrogen and oxygen atoms in total. The van der Waals surface area contributed by atoms with Crippen LogP contribution in [0.5, 0.6) is 0 Å². The highest BCUT2D eigenvalue weighted by molar-refractivity contribution is 5.54. The highest BCUT2D eigenvalue weighted by atomic mass is 15.2. The summed E-state index contributed by atoms with van der Waals surface area (Å²) in [7, 11) is 0. The van der Waals surface area contributed by atoms with Crippen molar-refractivity contribution < 1.29 is 0 Å². The average molecular weight is 243 g/mol. The van der Waals surface area contributed by atoms with Crippen molar-refractivity contribution in [2.45, 2.75) is 20.8 Å². The summed E-state index contributed by atoms with van der Waals surface area (Å²) < 4.78 is 0. The van der Waals surface area contributed by atoms with E-state index in [0.29, 0.717) is 23.5 Å². The molecule has 0 saturated heterocycles. The van der Waals surface area contributed by atoms with E-state index in [0.717, 1.165) is 12.1 Å². The third-order valence-corrected chi connectivity index (χ3v) is 2.34. The quantitative estimate of drug-likeness (QED) is 0.892. The molecule has 2 aromatic rings. The number of aryl methyl sites for hydroxylation is 1. The maximum Gasteiger partial charge on any atom is 0.226 e. The smallest absolute Gasteiger partial charge is 0.226 e. The minimum atomic E-state index is 0.545. The van der Waals surface area contributed by atoms with Gasteiger partial charge in [0.25, 0.3) is 0 Å². The largest absolute Gasteiger partial charge is 0.354 e. The van der Waals surface area contributed by atoms with Gasteiger partial charge in [0.2, 0.25) is 5.95 Å². The highest BCUT2D eigenvalue weighted by Crippen LogP contribution is 2.14. The van der Waals surface area contributed by atoms with Crippen molar-refractivity contribution >= 4 is 5.95 Å². The van der Waals surface area contributed by atoms with Crippen LogP contribution in [0.2, 0.25) is 0 Å². The van der Waals surface area contributed by atoms with Crippen LogP contribution in [0.15, 0.2) is 24.5 Å². The van der Waals surface area contributed by atoms with E-state index in [1.807, 2.05) is 19.1 Å². The lowest BCUT2D eigenvalue weighted by molar-refractivity contribution is 0.683. The van der Waals surface area contributed by atoms with Crippen LogP contribution in [-0.2, 0) is 0 Å². The Kier molecular flexibility index (Phi) is 3.82. The Labute approximate surface area is 107 Å². The minimum Gasteiger partial charge on any atom is -0.354 e. The molecule has 0 aromatic carbocycles. The van der Waals surface area contributed by atoms with E-state index < -0.39 is 0 Å². The summed E-state index contributed by atoms with van der Waals surface area (Å²) in [6, 6.07) is 3.81. The van der Waals surface area contributed by atoms with Crippen LogP contribution < -0.4 is 5.32 Å². The molecule has 0 saturated carbocycles. The first-order valence-electron chi connectivity index (χ1n) is 6.02. The number of pyridine rings is 1. The number of hydrogen-bond donors (Lipinski definition) is 1. The van der Waals surface area contributed by atoms with Crippen molar-refractivity contribution in [1.82, 2.24) is 19.9 Å². The second-order valence-corrected chi connectivity index (χ2v) is 4.55. The Morgan fingerprint density at radius 1 is 1.22 bits per heavy atom. The Balaban J connectivity index is 2.27. The number of aromatic nitrogens is 4. The molecule has 1 N–H and O–H groups in total. The van der Waals surface area contributed by atoms with Gasteiger partial charge in [-0.05, 0) is 25.0 Å². The van der Waals surface area contributed by atoms with Gasteiger partial charge in [-0.25, -0.2) is 4.98 Å². The van der Waals surface area contributed by atoms with E-state index in [1.165, 1.54) is 0 Å². The van der Waals surface area contributed by atoms with Crippen molar-refractivity contribution in [2.24, 2.45) is 5.92 Å². The monoisotopic (exact) mass is 243 g/mol. The van der Waals surface area contributed by atoms with Crippen LogP contribution in [-0.4, -0.2) is 26.5 Å². The normalized spacial score (nSPS) is 10.7. The van der Waals surface area contributed by atoms with Crippen LogP contribution in [0, 0.1) is 12.8 Å². The first-order valence-corrected chi connectivity index (χ1v) is 6.02. The fourth-order valence-corrected chi connectivity index (χ4v) is 1.48. The maximum absolute atomic E-state index is 4.40. The molecule has 2 heterocycles. The lowest BCUT2D eigenvalue weighted by Gasteiger charge is -2.09. The number of rotatable bonds is 4. The number of nitrogens with one attached hydrogen (secondary N) is 1. The van der Waals surface area contributed by atoms with E-state index in [9.17, 15) is 0 Å². The van der Waals surface area contributed by atoms with Gasteiger partial charge >= 0.3 is 0 Å². The zero-order valence-corrected chi connectivity index (χ0v) is 10.9. The molecular weight excluding hydrogens is 226 g/mol. The molecule has 0 spiro atoms. The van der Waals surface area contributed by atoms with E-state index in [1.54, 1.807) is 12.4 Å². The average Bonchev–Trinajstić information content (AvgIpc) is 2.37. The molecule has 0 aliphatic heterocycles. The zero-order chi connectivity index (χ0) is 13.0. The van der Waals surface area contributed by atoms with Gasteiger partial charge in [0.1, 0.15) is 5.82 Å². The van der Waals surface area contributed by atoms with Crippen molar-refractivity contribution in [3.63, 3.8) is 0 Å². The van der Waals surface area contributed by atoms with Gasteiger partial charge in [0, 0.05) is 24.5 Å². The van der Waals surface area contributed by atoms with Crippen molar-refractivity contribution in [1.29, 1.82) is 0 Å². The highest BCUT2D eigenvalue weighted by Gasteiger charge is 2.06. The van der Waals surface area contributed by atoms with Crippen molar-refractivity contribution in [2.75, 3.05) is 11.9 Å². The molecule has 2 rings (SSSR count). The molecule has 0 amide bonds. The van der Waals surface area contributed by atoms with E-state index in [4.69, 9.17) is 0 Å². The summed E-state index contributed by atoms with van der Waals surface area (Å²) >= 11 is 0. The third-order valence-electron chi connectivity index (χ3n) is 2.34. The van der Waals surface area contributed by atoms with Gasteiger partial charge < -0.3 is 5.32 Å². The Morgan fingerprint density at radius 2 is 2.06 bits per heavy atom. The summed E-state index contributed by atoms with van der Waals surface area (Å²) in [4.78, 5) is 17.1. The van der Waals surface area contributed by atoms with E-state index in [-0.39, 0.29) is 0 Å². The Bertz CT molecular complexity index is 510. The van der Waals surface area contributed by atoms with Crippen molar-refractivity contribution in [3.05, 3.63) is 30.4 Å². The van der Waals surface area contributed by atoms with Gasteiger partial charge in [-0.3, -0.25) is 4.98 Å². The molecule has 94 valence electrons. The molecule has 0 atom stereocenters. The Morgan fingerprint density at radius 3 is 2.72 bits per heavy atom. The number of hydrogen-bond acceptors (Lipinski definition) is 5. The molecule has 0 aliphatic carbocycles. The lowest BCUT2D eigenvalue weighted by atomic mass is 10.2. The molecule has 0 radical (unpaired) electrons. The topological polar surface area (TPSA) is 63.6 Å². The summed E-state index contributed by atoms with van der Waals surface area (Å²) in [6.07, 6.45) is 3.48. The molecule has 0 fully saturated rings. The zero-order valence-electron chi connectivity index (χ0n) is 10.9. The maximum atomic E-state index is 4.40. The Hall–Kier alpha value is -2.04. The predicted octanol–water partition coefficient (Wildman–Crippen LogP) is 2.31. The molecule has 2 aromatic heterocycles. The van der Waals surface area contributed by atoms with Crippen molar-refractivity contribution in [3.8, 4) is 11.4 Å². The summed E-state index contributed by atoms with van der Waals surface area (Å²) in [5.74, 6) is 2.52. The molecule has 0 unspecified atom stereocenters. The second-order valence-electron chi connectivity index (χ2n) is 4.55. The van der Waals surface area contributed by atoms with E-state index in [2.05, 4.69) is 39.1 Å². The van der Waals surface area contributed by atoms with Gasteiger partial charge in [-0.2, -0.15) is 9.97 Å². The van der Waals surface area contributed by atoms with Gasteiger partial charge in [-0.1, -0.05) is 13.8 Å². The summed E-state index contributed by atoms with van der Waals surface area (Å²) in [5, 5.41) is 3.21.